The van der Waals surface area contributed by atoms with E-state index >= 15 is 0 Å². The first-order valence-corrected chi connectivity index (χ1v) is 3.47. The van der Waals surface area contributed by atoms with Crippen LogP contribution in [-0.2, 0) is 6.42 Å². The topological polar surface area (TPSA) is 38.7 Å². The van der Waals surface area contributed by atoms with Crippen LogP contribution in [0.4, 0.5) is 0 Å². The maximum atomic E-state index is 5.57. The first-order valence-electron chi connectivity index (χ1n) is 3.09. The fraction of sp³-hybridized carbons (Fsp3) is 0.500. The molecule has 1 aromatic rings. The van der Waals surface area contributed by atoms with Gasteiger partial charge in [-0.15, -0.1) is 0 Å². The minimum atomic E-state index is 0.282. The monoisotopic (exact) mass is 157 g/mol. The van der Waals surface area contributed by atoms with Crippen LogP contribution in [0.2, 0.25) is 5.28 Å². The molecule has 1 aromatic heterocycles. The highest BCUT2D eigenvalue weighted by molar-refractivity contribution is 6.28. The zero-order chi connectivity index (χ0) is 7.56. The Morgan fingerprint density at radius 3 is 2.50 bits per heavy atom. The van der Waals surface area contributed by atoms with Crippen LogP contribution in [-0.4, -0.2) is 15.0 Å². The van der Waals surface area contributed by atoms with E-state index in [4.69, 9.17) is 11.6 Å². The van der Waals surface area contributed by atoms with E-state index in [1.54, 1.807) is 6.92 Å². The van der Waals surface area contributed by atoms with Gasteiger partial charge in [-0.3, -0.25) is 0 Å². The van der Waals surface area contributed by atoms with Gasteiger partial charge in [0.15, 0.2) is 0 Å². The molecule has 0 atom stereocenters. The smallest absolute Gasteiger partial charge is 0.218 e. The molecule has 0 aliphatic carbocycles. The van der Waals surface area contributed by atoms with Crippen molar-refractivity contribution in [2.75, 3.05) is 0 Å². The maximum absolute atomic E-state index is 5.57. The van der Waals surface area contributed by atoms with Crippen molar-refractivity contribution < 1.29 is 0 Å². The molecule has 0 bridgehead atoms. The summed E-state index contributed by atoms with van der Waals surface area (Å²) in [5, 5.41) is 0.282. The van der Waals surface area contributed by atoms with E-state index in [1.165, 1.54) is 0 Å². The zero-order valence-corrected chi connectivity index (χ0v) is 6.68. The number of hydrogen-bond donors (Lipinski definition) is 0. The van der Waals surface area contributed by atoms with E-state index in [9.17, 15) is 0 Å². The fourth-order valence-electron chi connectivity index (χ4n) is 0.660. The van der Waals surface area contributed by atoms with Crippen LogP contribution in [0.25, 0.3) is 0 Å². The predicted molar refractivity (Wildman–Crippen MR) is 39.0 cm³/mol. The van der Waals surface area contributed by atoms with Crippen molar-refractivity contribution in [1.82, 2.24) is 15.0 Å². The number of aryl methyl sites for hydroxylation is 2. The normalized spacial score (nSPS) is 9.90. The van der Waals surface area contributed by atoms with Crippen molar-refractivity contribution >= 4 is 11.6 Å². The van der Waals surface area contributed by atoms with Crippen LogP contribution in [0.3, 0.4) is 0 Å². The molecule has 0 saturated carbocycles. The molecule has 0 aliphatic rings. The molecule has 0 amide bonds. The molecule has 0 aliphatic heterocycles. The average molecular weight is 158 g/mol. The van der Waals surface area contributed by atoms with Gasteiger partial charge < -0.3 is 0 Å². The summed E-state index contributed by atoms with van der Waals surface area (Å²) in [4.78, 5) is 11.8. The van der Waals surface area contributed by atoms with Gasteiger partial charge in [-0.25, -0.2) is 15.0 Å². The third-order valence-corrected chi connectivity index (χ3v) is 1.25. The number of halogens is 1. The molecule has 1 heterocycles. The molecule has 0 spiro atoms. The number of rotatable bonds is 1. The van der Waals surface area contributed by atoms with Gasteiger partial charge in [0.1, 0.15) is 11.6 Å². The van der Waals surface area contributed by atoms with E-state index < -0.39 is 0 Å². The van der Waals surface area contributed by atoms with Gasteiger partial charge in [-0.05, 0) is 18.5 Å². The Hall–Kier alpha value is -0.700. The van der Waals surface area contributed by atoms with E-state index in [0.29, 0.717) is 5.82 Å². The molecule has 10 heavy (non-hydrogen) atoms. The zero-order valence-electron chi connectivity index (χ0n) is 5.93. The molecular formula is C6H8ClN3. The summed E-state index contributed by atoms with van der Waals surface area (Å²) in [5.41, 5.74) is 0. The lowest BCUT2D eigenvalue weighted by molar-refractivity contribution is 0.863. The lowest BCUT2D eigenvalue weighted by Crippen LogP contribution is -1.98. The predicted octanol–water partition coefficient (Wildman–Crippen LogP) is 1.40. The molecule has 0 unspecified atom stereocenters. The van der Waals surface area contributed by atoms with Crippen molar-refractivity contribution in [3.63, 3.8) is 0 Å². The third kappa shape index (κ3) is 1.64. The van der Waals surface area contributed by atoms with Crippen LogP contribution in [0.5, 0.6) is 0 Å². The van der Waals surface area contributed by atoms with Gasteiger partial charge in [-0.1, -0.05) is 6.92 Å². The Labute approximate surface area is 64.5 Å². The summed E-state index contributed by atoms with van der Waals surface area (Å²) in [7, 11) is 0. The van der Waals surface area contributed by atoms with Crippen LogP contribution in [0.15, 0.2) is 0 Å². The van der Waals surface area contributed by atoms with Gasteiger partial charge >= 0.3 is 0 Å². The molecule has 0 N–H and O–H groups in total. The molecular weight excluding hydrogens is 150 g/mol. The molecule has 1 rings (SSSR count). The van der Waals surface area contributed by atoms with Crippen LogP contribution < -0.4 is 0 Å². The molecule has 0 radical (unpaired) electrons. The van der Waals surface area contributed by atoms with Crippen LogP contribution in [0, 0.1) is 6.92 Å². The molecule has 0 fully saturated rings. The van der Waals surface area contributed by atoms with Crippen LogP contribution >= 0.6 is 11.6 Å². The summed E-state index contributed by atoms with van der Waals surface area (Å²) in [6.07, 6.45) is 0.795. The average Bonchev–Trinajstić information content (AvgIpc) is 1.85. The largest absolute Gasteiger partial charge is 0.225 e. The number of nitrogens with zero attached hydrogens (tertiary/aromatic N) is 3. The summed E-state index contributed by atoms with van der Waals surface area (Å²) in [6.45, 7) is 3.78. The quantitative estimate of drug-likeness (QED) is 0.619. The van der Waals surface area contributed by atoms with Gasteiger partial charge in [-0.2, -0.15) is 0 Å². The van der Waals surface area contributed by atoms with Crippen molar-refractivity contribution in [2.24, 2.45) is 0 Å². The lowest BCUT2D eigenvalue weighted by atomic mass is 10.4. The molecule has 54 valence electrons. The minimum Gasteiger partial charge on any atom is -0.218 e. The second kappa shape index (κ2) is 2.92. The fourth-order valence-corrected chi connectivity index (χ4v) is 0.880. The second-order valence-corrected chi connectivity index (χ2v) is 2.26. The Kier molecular flexibility index (Phi) is 2.17. The molecule has 4 heteroatoms. The molecule has 3 nitrogen and oxygen atoms in total. The molecule has 0 saturated heterocycles. The van der Waals surface area contributed by atoms with E-state index in [2.05, 4.69) is 15.0 Å². The van der Waals surface area contributed by atoms with Gasteiger partial charge in [0.05, 0.1) is 0 Å². The van der Waals surface area contributed by atoms with Gasteiger partial charge in [0.2, 0.25) is 5.28 Å². The third-order valence-electron chi connectivity index (χ3n) is 1.08. The van der Waals surface area contributed by atoms with Crippen molar-refractivity contribution in [2.45, 2.75) is 20.3 Å². The SMILES string of the molecule is CCc1nc(C)nc(Cl)n1. The van der Waals surface area contributed by atoms with E-state index in [1.807, 2.05) is 6.92 Å². The first-order chi connectivity index (χ1) is 4.72. The second-order valence-electron chi connectivity index (χ2n) is 1.92. The van der Waals surface area contributed by atoms with Gasteiger partial charge in [0, 0.05) is 6.42 Å². The van der Waals surface area contributed by atoms with Crippen molar-refractivity contribution in [3.05, 3.63) is 16.9 Å². The highest BCUT2D eigenvalue weighted by Crippen LogP contribution is 2.00. The maximum Gasteiger partial charge on any atom is 0.225 e. The summed E-state index contributed by atoms with van der Waals surface area (Å²) in [5.74, 6) is 1.43. The highest BCUT2D eigenvalue weighted by Gasteiger charge is 1.97. The van der Waals surface area contributed by atoms with Gasteiger partial charge in [0.25, 0.3) is 0 Å². The summed E-state index contributed by atoms with van der Waals surface area (Å²) >= 11 is 5.57. The molecule has 0 aromatic carbocycles. The van der Waals surface area contributed by atoms with E-state index in [0.717, 1.165) is 12.2 Å². The minimum absolute atomic E-state index is 0.282. The lowest BCUT2D eigenvalue weighted by Gasteiger charge is -1.95. The Morgan fingerprint density at radius 2 is 2.00 bits per heavy atom. The standard InChI is InChI=1S/C6H8ClN3/c1-3-5-8-4(2)9-6(7)10-5/h3H2,1-2H3. The number of aromatic nitrogens is 3. The number of hydrogen-bond acceptors (Lipinski definition) is 3. The Morgan fingerprint density at radius 1 is 1.30 bits per heavy atom. The highest BCUT2D eigenvalue weighted by atomic mass is 35.5. The summed E-state index contributed by atoms with van der Waals surface area (Å²) in [6, 6.07) is 0. The summed E-state index contributed by atoms with van der Waals surface area (Å²) < 4.78 is 0. The van der Waals surface area contributed by atoms with Crippen molar-refractivity contribution in [3.8, 4) is 0 Å². The first kappa shape index (κ1) is 7.41. The Balaban J connectivity index is 3.06. The van der Waals surface area contributed by atoms with Crippen molar-refractivity contribution in [1.29, 1.82) is 0 Å². The Bertz CT molecular complexity index is 216. The van der Waals surface area contributed by atoms with Crippen LogP contribution in [0.1, 0.15) is 18.6 Å². The van der Waals surface area contributed by atoms with E-state index in [-0.39, 0.29) is 5.28 Å².